The van der Waals surface area contributed by atoms with Crippen LogP contribution in [0.15, 0.2) is 97.1 Å². The largest absolute Gasteiger partial charge is 0.243 e. The Labute approximate surface area is 263 Å². The van der Waals surface area contributed by atoms with Crippen molar-refractivity contribution in [3.05, 3.63) is 136 Å². The van der Waals surface area contributed by atoms with Crippen LogP contribution in [-0.4, -0.2) is 6.71 Å². The standard InChI is InChI=1S/C43H41B/c1-25(2)34-10-9-11-35(24-34)36-16-12-32-14-18-38-39(19-15-33-13-17-37(36)40(32)41(33)38)44(42-28(5)20-26(3)21-29(42)6)43-30(7)22-27(4)23-31(43)8/h9-25H,1-8H3. The van der Waals surface area contributed by atoms with Crippen LogP contribution < -0.4 is 16.4 Å². The van der Waals surface area contributed by atoms with Crippen LogP contribution in [0, 0.1) is 41.5 Å². The Balaban J connectivity index is 1.57. The van der Waals surface area contributed by atoms with Crippen LogP contribution in [0.1, 0.15) is 58.7 Å². The lowest BCUT2D eigenvalue weighted by atomic mass is 9.33. The quantitative estimate of drug-likeness (QED) is 0.143. The van der Waals surface area contributed by atoms with Gasteiger partial charge in [0.2, 0.25) is 6.71 Å². The summed E-state index contributed by atoms with van der Waals surface area (Å²) in [5.41, 5.74) is 16.4. The minimum Gasteiger partial charge on any atom is -0.0657 e. The van der Waals surface area contributed by atoms with Crippen LogP contribution in [0.4, 0.5) is 0 Å². The van der Waals surface area contributed by atoms with Crippen molar-refractivity contribution in [3.63, 3.8) is 0 Å². The van der Waals surface area contributed by atoms with E-state index in [1.54, 1.807) is 0 Å². The summed E-state index contributed by atoms with van der Waals surface area (Å²) in [7, 11) is 0. The molecule has 0 saturated carbocycles. The third kappa shape index (κ3) is 4.53. The molecule has 0 aliphatic heterocycles. The maximum atomic E-state index is 2.41. The molecule has 0 nitrogen and oxygen atoms in total. The lowest BCUT2D eigenvalue weighted by Gasteiger charge is -2.26. The molecule has 0 aliphatic carbocycles. The second-order valence-corrected chi connectivity index (χ2v) is 13.5. The van der Waals surface area contributed by atoms with Gasteiger partial charge in [-0.3, -0.25) is 0 Å². The molecule has 0 fully saturated rings. The van der Waals surface area contributed by atoms with Crippen molar-refractivity contribution in [2.24, 2.45) is 0 Å². The summed E-state index contributed by atoms with van der Waals surface area (Å²) in [6.45, 7) is 18.3. The van der Waals surface area contributed by atoms with E-state index in [9.17, 15) is 0 Å². The van der Waals surface area contributed by atoms with E-state index in [0.717, 1.165) is 0 Å². The van der Waals surface area contributed by atoms with Gasteiger partial charge in [-0.1, -0.05) is 161 Å². The average molecular weight is 569 g/mol. The molecule has 44 heavy (non-hydrogen) atoms. The maximum Gasteiger partial charge on any atom is 0.243 e. The van der Waals surface area contributed by atoms with Crippen molar-refractivity contribution in [2.75, 3.05) is 0 Å². The molecule has 0 spiro atoms. The van der Waals surface area contributed by atoms with Gasteiger partial charge >= 0.3 is 0 Å². The summed E-state index contributed by atoms with van der Waals surface area (Å²) in [6.07, 6.45) is 0. The Hall–Kier alpha value is -4.36. The molecule has 0 aromatic heterocycles. The van der Waals surface area contributed by atoms with Crippen molar-refractivity contribution in [2.45, 2.75) is 61.3 Å². The molecule has 0 heterocycles. The molecule has 0 aliphatic rings. The second kappa shape index (κ2) is 10.7. The van der Waals surface area contributed by atoms with Crippen LogP contribution in [0.25, 0.3) is 43.4 Å². The van der Waals surface area contributed by atoms with Crippen LogP contribution in [-0.2, 0) is 0 Å². The van der Waals surface area contributed by atoms with Gasteiger partial charge in [0.1, 0.15) is 0 Å². The first-order valence-electron chi connectivity index (χ1n) is 16.1. The van der Waals surface area contributed by atoms with Gasteiger partial charge in [0, 0.05) is 0 Å². The predicted octanol–water partition coefficient (Wildman–Crippen LogP) is 9.74. The zero-order chi connectivity index (χ0) is 30.9. The summed E-state index contributed by atoms with van der Waals surface area (Å²) in [5.74, 6) is 0.497. The van der Waals surface area contributed by atoms with Gasteiger partial charge in [-0.2, -0.15) is 0 Å². The van der Waals surface area contributed by atoms with Gasteiger partial charge in [0.15, 0.2) is 0 Å². The first-order chi connectivity index (χ1) is 21.1. The molecule has 1 heteroatoms. The van der Waals surface area contributed by atoms with E-state index in [2.05, 4.69) is 152 Å². The molecule has 0 amide bonds. The Morgan fingerprint density at radius 1 is 0.500 bits per heavy atom. The van der Waals surface area contributed by atoms with Crippen molar-refractivity contribution >= 4 is 55.4 Å². The minimum absolute atomic E-state index is 0.142. The average Bonchev–Trinajstić information content (AvgIpc) is 2.98. The molecule has 0 unspecified atom stereocenters. The lowest BCUT2D eigenvalue weighted by molar-refractivity contribution is 0.867. The van der Waals surface area contributed by atoms with Gasteiger partial charge in [-0.05, 0) is 96.5 Å². The van der Waals surface area contributed by atoms with E-state index < -0.39 is 0 Å². The fourth-order valence-electron chi connectivity index (χ4n) is 8.14. The fourth-order valence-corrected chi connectivity index (χ4v) is 8.14. The number of rotatable bonds is 5. The topological polar surface area (TPSA) is 0 Å². The predicted molar refractivity (Wildman–Crippen MR) is 196 cm³/mol. The third-order valence-electron chi connectivity index (χ3n) is 9.93. The second-order valence-electron chi connectivity index (χ2n) is 13.5. The van der Waals surface area contributed by atoms with Crippen LogP contribution >= 0.6 is 0 Å². The Morgan fingerprint density at radius 3 is 1.57 bits per heavy atom. The van der Waals surface area contributed by atoms with E-state index >= 15 is 0 Å². The minimum atomic E-state index is 0.142. The summed E-state index contributed by atoms with van der Waals surface area (Å²) in [4.78, 5) is 0. The monoisotopic (exact) mass is 568 g/mol. The van der Waals surface area contributed by atoms with E-state index in [-0.39, 0.29) is 6.71 Å². The van der Waals surface area contributed by atoms with Crippen LogP contribution in [0.5, 0.6) is 0 Å². The Bertz CT molecular complexity index is 2110. The summed E-state index contributed by atoms with van der Waals surface area (Å²) in [6, 6.07) is 37.4. The molecule has 7 rings (SSSR count). The molecule has 0 bridgehead atoms. The molecule has 216 valence electrons. The van der Waals surface area contributed by atoms with Gasteiger partial charge in [0.05, 0.1) is 0 Å². The van der Waals surface area contributed by atoms with Crippen molar-refractivity contribution in [3.8, 4) is 11.1 Å². The molecule has 7 aromatic rings. The molecular formula is C43H41B. The number of hydrogen-bond acceptors (Lipinski definition) is 0. The summed E-state index contributed by atoms with van der Waals surface area (Å²) < 4.78 is 0. The Morgan fingerprint density at radius 2 is 1.00 bits per heavy atom. The number of aryl methyl sites for hydroxylation is 6. The third-order valence-corrected chi connectivity index (χ3v) is 9.93. The maximum absolute atomic E-state index is 2.41. The highest BCUT2D eigenvalue weighted by Crippen LogP contribution is 2.39. The zero-order valence-electron chi connectivity index (χ0n) is 27.4. The van der Waals surface area contributed by atoms with Crippen molar-refractivity contribution in [1.29, 1.82) is 0 Å². The Kier molecular flexibility index (Phi) is 6.89. The van der Waals surface area contributed by atoms with Crippen molar-refractivity contribution < 1.29 is 0 Å². The van der Waals surface area contributed by atoms with Gasteiger partial charge < -0.3 is 0 Å². The fraction of sp³-hybridized carbons (Fsp3) is 0.209. The normalized spacial score (nSPS) is 11.8. The zero-order valence-corrected chi connectivity index (χ0v) is 27.4. The highest BCUT2D eigenvalue weighted by atomic mass is 14.2. The molecule has 0 radical (unpaired) electrons. The molecule has 7 aromatic carbocycles. The van der Waals surface area contributed by atoms with Gasteiger partial charge in [-0.15, -0.1) is 0 Å². The smallest absolute Gasteiger partial charge is 0.0657 e. The van der Waals surface area contributed by atoms with Gasteiger partial charge in [0.25, 0.3) is 0 Å². The van der Waals surface area contributed by atoms with E-state index in [0.29, 0.717) is 5.92 Å². The van der Waals surface area contributed by atoms with E-state index in [1.165, 1.54) is 98.8 Å². The van der Waals surface area contributed by atoms with Crippen LogP contribution in [0.2, 0.25) is 0 Å². The molecule has 0 atom stereocenters. The van der Waals surface area contributed by atoms with Crippen LogP contribution in [0.3, 0.4) is 0 Å². The van der Waals surface area contributed by atoms with E-state index in [4.69, 9.17) is 0 Å². The summed E-state index contributed by atoms with van der Waals surface area (Å²) in [5, 5.41) is 8.07. The van der Waals surface area contributed by atoms with Gasteiger partial charge in [-0.25, -0.2) is 0 Å². The first kappa shape index (κ1) is 28.4. The first-order valence-corrected chi connectivity index (χ1v) is 16.1. The molecule has 0 saturated heterocycles. The number of hydrogen-bond donors (Lipinski definition) is 0. The highest BCUT2D eigenvalue weighted by Gasteiger charge is 2.30. The highest BCUT2D eigenvalue weighted by molar-refractivity contribution is 6.98. The molecular weight excluding hydrogens is 527 g/mol. The SMILES string of the molecule is Cc1cc(C)c(B(c2c(C)cc(C)cc2C)c2ccc3ccc4c(-c5cccc(C(C)C)c5)ccc5ccc2c3c54)c(C)c1. The summed E-state index contributed by atoms with van der Waals surface area (Å²) >= 11 is 0. The number of benzene rings is 7. The van der Waals surface area contributed by atoms with E-state index in [1.807, 2.05) is 0 Å². The molecule has 0 N–H and O–H groups in total. The van der Waals surface area contributed by atoms with Crippen molar-refractivity contribution in [1.82, 2.24) is 0 Å². The lowest BCUT2D eigenvalue weighted by Crippen LogP contribution is -2.56.